The lowest BCUT2D eigenvalue weighted by Crippen LogP contribution is -1.81. The molecule has 15 heavy (non-hydrogen) atoms. The van der Waals surface area contributed by atoms with E-state index in [-0.39, 0.29) is 0 Å². The second-order valence-electron chi connectivity index (χ2n) is 3.04. The van der Waals surface area contributed by atoms with Crippen LogP contribution in [0.25, 0.3) is 11.1 Å². The summed E-state index contributed by atoms with van der Waals surface area (Å²) in [4.78, 5) is 3.92. The summed E-state index contributed by atoms with van der Waals surface area (Å²) in [5, 5.41) is 9.28. The molecule has 0 saturated heterocycles. The number of pyridine rings is 1. The van der Waals surface area contributed by atoms with Crippen molar-refractivity contribution in [3.8, 4) is 17.2 Å². The van der Waals surface area contributed by atoms with Crippen molar-refractivity contribution in [3.63, 3.8) is 0 Å². The molecule has 1 heterocycles. The minimum atomic E-state index is 0.613. The van der Waals surface area contributed by atoms with Gasteiger partial charge in [0.05, 0.1) is 16.7 Å². The Morgan fingerprint density at radius 3 is 2.47 bits per heavy atom. The topological polar surface area (TPSA) is 36.7 Å². The van der Waals surface area contributed by atoms with E-state index in [2.05, 4.69) is 11.1 Å². The van der Waals surface area contributed by atoms with E-state index in [0.29, 0.717) is 10.6 Å². The smallest absolute Gasteiger partial charge is 0.0991 e. The van der Waals surface area contributed by atoms with Crippen LogP contribution < -0.4 is 0 Å². The summed E-state index contributed by atoms with van der Waals surface area (Å²) in [5.74, 6) is 0. The molecular weight excluding hydrogens is 208 g/mol. The van der Waals surface area contributed by atoms with Crippen LogP contribution in [0.3, 0.4) is 0 Å². The highest BCUT2D eigenvalue weighted by Crippen LogP contribution is 2.26. The lowest BCUT2D eigenvalue weighted by Gasteiger charge is -2.02. The fraction of sp³-hybridized carbons (Fsp3) is 0. The molecule has 0 amide bonds. The Bertz CT molecular complexity index is 512. The van der Waals surface area contributed by atoms with Gasteiger partial charge in [0.2, 0.25) is 0 Å². The van der Waals surface area contributed by atoms with Gasteiger partial charge in [-0.25, -0.2) is 0 Å². The Hall–Kier alpha value is -1.85. The maximum Gasteiger partial charge on any atom is 0.0991 e. The van der Waals surface area contributed by atoms with E-state index in [1.54, 1.807) is 24.5 Å². The Kier molecular flexibility index (Phi) is 2.66. The first kappa shape index (κ1) is 9.70. The van der Waals surface area contributed by atoms with Crippen LogP contribution in [0.15, 0.2) is 42.7 Å². The van der Waals surface area contributed by atoms with Crippen molar-refractivity contribution >= 4 is 11.6 Å². The maximum absolute atomic E-state index is 8.67. The predicted molar refractivity (Wildman–Crippen MR) is 59.4 cm³/mol. The molecule has 2 aromatic rings. The molecule has 0 aliphatic carbocycles. The molecule has 72 valence electrons. The van der Waals surface area contributed by atoms with Crippen LogP contribution in [0.5, 0.6) is 0 Å². The third kappa shape index (κ3) is 1.98. The van der Waals surface area contributed by atoms with Crippen molar-refractivity contribution in [2.24, 2.45) is 0 Å². The Morgan fingerprint density at radius 1 is 1.13 bits per heavy atom. The van der Waals surface area contributed by atoms with E-state index in [4.69, 9.17) is 16.9 Å². The number of nitriles is 1. The maximum atomic E-state index is 8.67. The lowest BCUT2D eigenvalue weighted by atomic mass is 10.1. The van der Waals surface area contributed by atoms with E-state index in [9.17, 15) is 0 Å². The third-order valence-corrected chi connectivity index (χ3v) is 2.40. The van der Waals surface area contributed by atoms with E-state index in [1.165, 1.54) is 0 Å². The first-order valence-electron chi connectivity index (χ1n) is 4.41. The Morgan fingerprint density at radius 2 is 1.87 bits per heavy atom. The van der Waals surface area contributed by atoms with Crippen molar-refractivity contribution in [1.82, 2.24) is 4.98 Å². The van der Waals surface area contributed by atoms with Crippen LogP contribution in [0.4, 0.5) is 0 Å². The summed E-state index contributed by atoms with van der Waals surface area (Å²) in [5.41, 5.74) is 2.56. The largest absolute Gasteiger partial charge is 0.263 e. The van der Waals surface area contributed by atoms with E-state index < -0.39 is 0 Å². The second kappa shape index (κ2) is 4.12. The van der Waals surface area contributed by atoms with Crippen molar-refractivity contribution < 1.29 is 0 Å². The molecule has 1 aromatic heterocycles. The van der Waals surface area contributed by atoms with Crippen molar-refractivity contribution in [1.29, 1.82) is 5.26 Å². The standard InChI is InChI=1S/C12H7ClN2/c13-12-8-15-6-5-11(12)10-3-1-9(7-14)2-4-10/h1-6,8H. The first-order valence-corrected chi connectivity index (χ1v) is 4.79. The number of halogens is 1. The normalized spacial score (nSPS) is 9.60. The molecule has 0 N–H and O–H groups in total. The van der Waals surface area contributed by atoms with E-state index >= 15 is 0 Å². The zero-order chi connectivity index (χ0) is 10.7. The number of hydrogen-bond acceptors (Lipinski definition) is 2. The van der Waals surface area contributed by atoms with Crippen LogP contribution in [0, 0.1) is 11.3 Å². The van der Waals surface area contributed by atoms with Crippen LogP contribution in [0.2, 0.25) is 5.02 Å². The summed E-state index contributed by atoms with van der Waals surface area (Å²) in [6.07, 6.45) is 3.30. The van der Waals surface area contributed by atoms with Gasteiger partial charge in [-0.2, -0.15) is 5.26 Å². The molecule has 0 aliphatic heterocycles. The number of rotatable bonds is 1. The minimum absolute atomic E-state index is 0.613. The lowest BCUT2D eigenvalue weighted by molar-refractivity contribution is 1.33. The zero-order valence-corrected chi connectivity index (χ0v) is 8.57. The highest BCUT2D eigenvalue weighted by atomic mass is 35.5. The molecule has 0 fully saturated rings. The summed E-state index contributed by atoms with van der Waals surface area (Å²) >= 11 is 6.00. The molecule has 3 heteroatoms. The van der Waals surface area contributed by atoms with Gasteiger partial charge in [0, 0.05) is 18.0 Å². The van der Waals surface area contributed by atoms with Gasteiger partial charge in [-0.3, -0.25) is 4.98 Å². The molecular formula is C12H7ClN2. The van der Waals surface area contributed by atoms with Crippen LogP contribution in [0.1, 0.15) is 5.56 Å². The molecule has 0 unspecified atom stereocenters. The van der Waals surface area contributed by atoms with Gasteiger partial charge in [0.15, 0.2) is 0 Å². The SMILES string of the molecule is N#Cc1ccc(-c2ccncc2Cl)cc1. The number of aromatic nitrogens is 1. The summed E-state index contributed by atoms with van der Waals surface area (Å²) in [6.45, 7) is 0. The highest BCUT2D eigenvalue weighted by Gasteiger charge is 2.02. The molecule has 2 nitrogen and oxygen atoms in total. The average molecular weight is 215 g/mol. The molecule has 0 spiro atoms. The van der Waals surface area contributed by atoms with Gasteiger partial charge in [-0.1, -0.05) is 23.7 Å². The zero-order valence-electron chi connectivity index (χ0n) is 7.81. The van der Waals surface area contributed by atoms with E-state index in [0.717, 1.165) is 11.1 Å². The van der Waals surface area contributed by atoms with Crippen LogP contribution in [-0.2, 0) is 0 Å². The summed E-state index contributed by atoms with van der Waals surface area (Å²) < 4.78 is 0. The Labute approximate surface area is 92.8 Å². The second-order valence-corrected chi connectivity index (χ2v) is 3.45. The van der Waals surface area contributed by atoms with Gasteiger partial charge in [0.1, 0.15) is 0 Å². The molecule has 0 aliphatic rings. The van der Waals surface area contributed by atoms with Crippen LogP contribution in [-0.4, -0.2) is 4.98 Å². The number of benzene rings is 1. The molecule has 0 atom stereocenters. The third-order valence-electron chi connectivity index (χ3n) is 2.10. The average Bonchev–Trinajstić information content (AvgIpc) is 2.30. The monoisotopic (exact) mass is 214 g/mol. The van der Waals surface area contributed by atoms with Gasteiger partial charge in [-0.05, 0) is 23.8 Å². The molecule has 2 rings (SSSR count). The minimum Gasteiger partial charge on any atom is -0.263 e. The highest BCUT2D eigenvalue weighted by molar-refractivity contribution is 6.33. The number of hydrogen-bond donors (Lipinski definition) is 0. The van der Waals surface area contributed by atoms with E-state index in [1.807, 2.05) is 18.2 Å². The summed E-state index contributed by atoms with van der Waals surface area (Å²) in [7, 11) is 0. The first-order chi connectivity index (χ1) is 7.31. The summed E-state index contributed by atoms with van der Waals surface area (Å²) in [6, 6.07) is 11.2. The van der Waals surface area contributed by atoms with Gasteiger partial charge in [0.25, 0.3) is 0 Å². The van der Waals surface area contributed by atoms with Gasteiger partial charge in [-0.15, -0.1) is 0 Å². The molecule has 0 saturated carbocycles. The fourth-order valence-corrected chi connectivity index (χ4v) is 1.56. The van der Waals surface area contributed by atoms with Crippen LogP contribution >= 0.6 is 11.6 Å². The van der Waals surface area contributed by atoms with Crippen molar-refractivity contribution in [2.45, 2.75) is 0 Å². The van der Waals surface area contributed by atoms with Gasteiger partial charge < -0.3 is 0 Å². The molecule has 1 aromatic carbocycles. The van der Waals surface area contributed by atoms with Gasteiger partial charge >= 0.3 is 0 Å². The quantitative estimate of drug-likeness (QED) is 0.731. The fourth-order valence-electron chi connectivity index (χ4n) is 1.33. The van der Waals surface area contributed by atoms with Crippen molar-refractivity contribution in [3.05, 3.63) is 53.3 Å². The molecule has 0 bridgehead atoms. The molecule has 0 radical (unpaired) electrons. The number of nitrogens with zero attached hydrogens (tertiary/aromatic N) is 2. The van der Waals surface area contributed by atoms with Crippen molar-refractivity contribution in [2.75, 3.05) is 0 Å². The Balaban J connectivity index is 2.47. The predicted octanol–water partition coefficient (Wildman–Crippen LogP) is 3.27.